The summed E-state index contributed by atoms with van der Waals surface area (Å²) in [7, 11) is 1.09. The Bertz CT molecular complexity index is 751. The number of methoxy groups -OCH3 is 1. The molecule has 0 aliphatic rings. The van der Waals surface area contributed by atoms with Gasteiger partial charge in [-0.25, -0.2) is 4.79 Å². The second kappa shape index (κ2) is 8.02. The molecule has 1 aromatic heterocycles. The molecule has 2 aromatic rings. The summed E-state index contributed by atoms with van der Waals surface area (Å²) in [5, 5.41) is 13.4. The predicted octanol–water partition coefficient (Wildman–Crippen LogP) is 2.10. The van der Waals surface area contributed by atoms with Gasteiger partial charge in [-0.1, -0.05) is 18.2 Å². The summed E-state index contributed by atoms with van der Waals surface area (Å²) in [6, 6.07) is 7.54. The average Bonchev–Trinajstić information content (AvgIpc) is 3.03. The molecule has 136 valence electrons. The van der Waals surface area contributed by atoms with Gasteiger partial charge in [0.2, 0.25) is 0 Å². The number of hydrogen-bond acceptors (Lipinski definition) is 5. The van der Waals surface area contributed by atoms with Gasteiger partial charge < -0.3 is 14.6 Å². The van der Waals surface area contributed by atoms with Crippen LogP contribution in [0.3, 0.4) is 0 Å². The molecule has 0 amide bonds. The van der Waals surface area contributed by atoms with Gasteiger partial charge in [0.05, 0.1) is 12.8 Å². The Morgan fingerprint density at radius 3 is 2.80 bits per heavy atom. The lowest BCUT2D eigenvalue weighted by Crippen LogP contribution is -2.24. The van der Waals surface area contributed by atoms with Crippen LogP contribution in [0.25, 0.3) is 0 Å². The van der Waals surface area contributed by atoms with Crippen LogP contribution in [-0.2, 0) is 29.1 Å². The molecule has 1 N–H and O–H groups in total. The molecule has 0 bridgehead atoms. The Morgan fingerprint density at radius 1 is 1.40 bits per heavy atom. The van der Waals surface area contributed by atoms with Gasteiger partial charge >= 0.3 is 12.1 Å². The average molecular weight is 359 g/mol. The van der Waals surface area contributed by atoms with Gasteiger partial charge in [0, 0.05) is 14.0 Å². The molecule has 0 aliphatic carbocycles. The molecule has 1 heterocycles. The predicted molar refractivity (Wildman–Crippen MR) is 80.8 cm³/mol. The van der Waals surface area contributed by atoms with Gasteiger partial charge in [-0.3, -0.25) is 4.68 Å². The molecule has 9 heteroatoms. The van der Waals surface area contributed by atoms with Crippen molar-refractivity contribution >= 4 is 5.97 Å². The zero-order valence-electron chi connectivity index (χ0n) is 14.2. The second-order valence-corrected chi connectivity index (χ2v) is 5.06. The molecule has 1 aromatic carbocycles. The smallest absolute Gasteiger partial charge is 0.408 e. The number of esters is 1. The standard InChI is InChI=1S/C16H17F3N2O4/c1-24-15(23)13(22)8-11-4-2-3-5-14(11)25-9-12-6-7-20-21(12)10-16(17,18)19/h2-7,13,22H,8-10H2,1H3/i8D. The lowest BCUT2D eigenvalue weighted by atomic mass is 10.1. The molecule has 0 saturated carbocycles. The molecule has 0 spiro atoms. The summed E-state index contributed by atoms with van der Waals surface area (Å²) < 4.78 is 56.3. The molecule has 2 unspecified atom stereocenters. The number of para-hydroxylation sites is 1. The normalized spacial score (nSPS) is 14.5. The van der Waals surface area contributed by atoms with Crippen LogP contribution in [0.1, 0.15) is 12.6 Å². The first-order valence-corrected chi connectivity index (χ1v) is 7.20. The lowest BCUT2D eigenvalue weighted by molar-refractivity contribution is -0.150. The van der Waals surface area contributed by atoms with E-state index >= 15 is 0 Å². The molecular formula is C16H17F3N2O4. The fourth-order valence-corrected chi connectivity index (χ4v) is 2.06. The Morgan fingerprint density at radius 2 is 2.12 bits per heavy atom. The fourth-order valence-electron chi connectivity index (χ4n) is 2.06. The highest BCUT2D eigenvalue weighted by Gasteiger charge is 2.29. The Hall–Kier alpha value is -2.55. The summed E-state index contributed by atoms with van der Waals surface area (Å²) in [5.41, 5.74) is 0.388. The Balaban J connectivity index is 2.15. The summed E-state index contributed by atoms with van der Waals surface area (Å²) in [6.45, 7) is -1.48. The van der Waals surface area contributed by atoms with Gasteiger partial charge in [-0.05, 0) is 17.7 Å². The summed E-state index contributed by atoms with van der Waals surface area (Å²) in [4.78, 5) is 11.4. The van der Waals surface area contributed by atoms with Crippen molar-refractivity contribution < 1.29 is 33.9 Å². The fraction of sp³-hybridized carbons (Fsp3) is 0.375. The van der Waals surface area contributed by atoms with Crippen molar-refractivity contribution in [2.24, 2.45) is 0 Å². The van der Waals surface area contributed by atoms with Crippen LogP contribution in [0.5, 0.6) is 5.75 Å². The van der Waals surface area contributed by atoms with Crippen LogP contribution in [0, 0.1) is 0 Å². The summed E-state index contributed by atoms with van der Waals surface area (Å²) in [5.74, 6) is -0.807. The van der Waals surface area contributed by atoms with E-state index in [0.717, 1.165) is 11.8 Å². The van der Waals surface area contributed by atoms with Gasteiger partial charge in [0.1, 0.15) is 18.9 Å². The number of carbonyl (C=O) groups excluding carboxylic acids is 1. The zero-order valence-corrected chi connectivity index (χ0v) is 13.2. The highest BCUT2D eigenvalue weighted by atomic mass is 19.4. The number of aliphatic hydroxyl groups excluding tert-OH is 1. The van der Waals surface area contributed by atoms with E-state index in [2.05, 4.69) is 9.84 Å². The van der Waals surface area contributed by atoms with Crippen LogP contribution >= 0.6 is 0 Å². The van der Waals surface area contributed by atoms with Gasteiger partial charge in [-0.2, -0.15) is 18.3 Å². The molecule has 2 rings (SSSR count). The Labute approximate surface area is 143 Å². The van der Waals surface area contributed by atoms with E-state index in [1.807, 2.05) is 0 Å². The number of benzene rings is 1. The van der Waals surface area contributed by atoms with Crippen LogP contribution in [0.2, 0.25) is 0 Å². The van der Waals surface area contributed by atoms with Gasteiger partial charge in [0.15, 0.2) is 6.10 Å². The van der Waals surface area contributed by atoms with Crippen LogP contribution in [0.4, 0.5) is 13.2 Å². The second-order valence-electron chi connectivity index (χ2n) is 5.06. The topological polar surface area (TPSA) is 73.6 Å². The maximum atomic E-state index is 12.5. The Kier molecular flexibility index (Phi) is 5.54. The summed E-state index contributed by atoms with van der Waals surface area (Å²) >= 11 is 0. The third kappa shape index (κ3) is 5.49. The molecule has 0 fully saturated rings. The molecular weight excluding hydrogens is 341 g/mol. The van der Waals surface area contributed by atoms with Gasteiger partial charge in [0.25, 0.3) is 0 Å². The third-order valence-electron chi connectivity index (χ3n) is 3.21. The van der Waals surface area contributed by atoms with Crippen molar-refractivity contribution in [2.45, 2.75) is 31.8 Å². The summed E-state index contributed by atoms with van der Waals surface area (Å²) in [6.07, 6.45) is -6.29. The number of nitrogens with zero attached hydrogens (tertiary/aromatic N) is 2. The molecule has 25 heavy (non-hydrogen) atoms. The van der Waals surface area contributed by atoms with Crippen molar-refractivity contribution in [3.63, 3.8) is 0 Å². The van der Waals surface area contributed by atoms with Crippen LogP contribution < -0.4 is 4.74 Å². The van der Waals surface area contributed by atoms with Crippen molar-refractivity contribution in [2.75, 3.05) is 7.11 Å². The molecule has 0 radical (unpaired) electrons. The van der Waals surface area contributed by atoms with E-state index in [-0.39, 0.29) is 23.6 Å². The zero-order chi connectivity index (χ0) is 19.3. The van der Waals surface area contributed by atoms with Crippen molar-refractivity contribution in [1.29, 1.82) is 0 Å². The van der Waals surface area contributed by atoms with Crippen LogP contribution in [0.15, 0.2) is 36.5 Å². The minimum Gasteiger partial charge on any atom is -0.487 e. The van der Waals surface area contributed by atoms with Crippen molar-refractivity contribution in [3.8, 4) is 5.75 Å². The van der Waals surface area contributed by atoms with Crippen molar-refractivity contribution in [3.05, 3.63) is 47.8 Å². The SMILES string of the molecule is [2H]C(c1ccccc1OCc1ccnn1CC(F)(F)F)C(O)C(=O)OC. The molecule has 2 atom stereocenters. The maximum Gasteiger partial charge on any atom is 0.408 e. The van der Waals surface area contributed by atoms with E-state index in [4.69, 9.17) is 6.11 Å². The first-order valence-electron chi connectivity index (χ1n) is 7.78. The van der Waals surface area contributed by atoms with E-state index in [0.29, 0.717) is 0 Å². The highest BCUT2D eigenvalue weighted by Crippen LogP contribution is 2.22. The number of alkyl halides is 3. The van der Waals surface area contributed by atoms with E-state index in [1.165, 1.54) is 24.4 Å². The van der Waals surface area contributed by atoms with E-state index < -0.39 is 31.2 Å². The lowest BCUT2D eigenvalue weighted by Gasteiger charge is -2.15. The number of aliphatic hydroxyl groups is 1. The monoisotopic (exact) mass is 359 g/mol. The number of hydrogen-bond donors (Lipinski definition) is 1. The maximum absolute atomic E-state index is 12.5. The number of halogens is 3. The molecule has 6 nitrogen and oxygen atoms in total. The third-order valence-corrected chi connectivity index (χ3v) is 3.21. The quantitative estimate of drug-likeness (QED) is 0.767. The first kappa shape index (κ1) is 17.3. The largest absolute Gasteiger partial charge is 0.487 e. The minimum absolute atomic E-state index is 0.162. The van der Waals surface area contributed by atoms with Crippen molar-refractivity contribution in [1.82, 2.24) is 9.78 Å². The number of carbonyl (C=O) groups is 1. The first-order chi connectivity index (χ1) is 12.2. The highest BCUT2D eigenvalue weighted by molar-refractivity contribution is 5.74. The minimum atomic E-state index is -4.42. The number of ether oxygens (including phenoxy) is 2. The number of rotatable bonds is 7. The molecule has 0 aliphatic heterocycles. The number of aromatic nitrogens is 2. The van der Waals surface area contributed by atoms with E-state index in [1.54, 1.807) is 12.1 Å². The molecule has 0 saturated heterocycles. The van der Waals surface area contributed by atoms with Crippen LogP contribution in [-0.4, -0.2) is 40.2 Å². The van der Waals surface area contributed by atoms with Gasteiger partial charge in [-0.15, -0.1) is 0 Å². The van der Waals surface area contributed by atoms with E-state index in [9.17, 15) is 23.1 Å².